The second-order valence-electron chi connectivity index (χ2n) is 4.93. The van der Waals surface area contributed by atoms with Gasteiger partial charge in [0.2, 0.25) is 0 Å². The number of carboxylic acid groups (broad SMARTS) is 1. The number of rotatable bonds is 2. The Morgan fingerprint density at radius 2 is 2.20 bits per heavy atom. The molecule has 20 heavy (non-hydrogen) atoms. The molecule has 1 aromatic carbocycles. The standard InChI is InChI=1S/C15H15NO3S/c1-8-3-4-10(15(17)18)9(2)13(8)14-16-11-5-6-19-7-12(11)20-14/h3-4H,5-7H2,1-2H3,(H,17,18). The third kappa shape index (κ3) is 2.13. The van der Waals surface area contributed by atoms with Gasteiger partial charge in [-0.25, -0.2) is 9.78 Å². The first-order valence-corrected chi connectivity index (χ1v) is 7.29. The summed E-state index contributed by atoms with van der Waals surface area (Å²) in [6.45, 7) is 5.17. The van der Waals surface area contributed by atoms with Gasteiger partial charge in [-0.2, -0.15) is 0 Å². The van der Waals surface area contributed by atoms with Crippen LogP contribution in [0.2, 0.25) is 0 Å². The number of aryl methyl sites for hydroxylation is 1. The van der Waals surface area contributed by atoms with Crippen molar-refractivity contribution in [2.45, 2.75) is 26.9 Å². The molecule has 104 valence electrons. The molecule has 0 unspecified atom stereocenters. The van der Waals surface area contributed by atoms with Crippen LogP contribution in [-0.2, 0) is 17.8 Å². The third-order valence-corrected chi connectivity index (χ3v) is 4.70. The summed E-state index contributed by atoms with van der Waals surface area (Å²) in [5, 5.41) is 10.2. The van der Waals surface area contributed by atoms with Gasteiger partial charge in [0.05, 0.1) is 29.3 Å². The second kappa shape index (κ2) is 5.00. The maximum absolute atomic E-state index is 11.3. The van der Waals surface area contributed by atoms with Crippen molar-refractivity contribution in [3.05, 3.63) is 39.4 Å². The average molecular weight is 289 g/mol. The molecule has 4 nitrogen and oxygen atoms in total. The molecular formula is C15H15NO3S. The topological polar surface area (TPSA) is 59.4 Å². The number of nitrogens with zero attached hydrogens (tertiary/aromatic N) is 1. The van der Waals surface area contributed by atoms with Gasteiger partial charge in [0.1, 0.15) is 5.01 Å². The minimum absolute atomic E-state index is 0.343. The number of hydrogen-bond acceptors (Lipinski definition) is 4. The van der Waals surface area contributed by atoms with Gasteiger partial charge in [0.15, 0.2) is 0 Å². The van der Waals surface area contributed by atoms with Crippen molar-refractivity contribution in [2.75, 3.05) is 6.61 Å². The quantitative estimate of drug-likeness (QED) is 0.922. The van der Waals surface area contributed by atoms with Crippen LogP contribution in [0.4, 0.5) is 0 Å². The number of aromatic carboxylic acids is 1. The highest BCUT2D eigenvalue weighted by Crippen LogP contribution is 2.35. The fourth-order valence-electron chi connectivity index (χ4n) is 2.54. The van der Waals surface area contributed by atoms with E-state index in [1.54, 1.807) is 17.4 Å². The molecule has 0 amide bonds. The van der Waals surface area contributed by atoms with Crippen molar-refractivity contribution < 1.29 is 14.6 Å². The third-order valence-electron chi connectivity index (χ3n) is 3.61. The molecule has 1 N–H and O–H groups in total. The van der Waals surface area contributed by atoms with Gasteiger partial charge in [-0.15, -0.1) is 11.3 Å². The Morgan fingerprint density at radius 1 is 1.40 bits per heavy atom. The summed E-state index contributed by atoms with van der Waals surface area (Å²) in [7, 11) is 0. The molecule has 1 aliphatic rings. The van der Waals surface area contributed by atoms with E-state index in [0.717, 1.165) is 38.7 Å². The maximum atomic E-state index is 11.3. The molecule has 0 aliphatic carbocycles. The highest BCUT2D eigenvalue weighted by Gasteiger charge is 2.20. The Balaban J connectivity index is 2.16. The van der Waals surface area contributed by atoms with E-state index in [1.165, 1.54) is 0 Å². The van der Waals surface area contributed by atoms with Crippen LogP contribution in [0.15, 0.2) is 12.1 Å². The van der Waals surface area contributed by atoms with Crippen LogP contribution in [0.5, 0.6) is 0 Å². The summed E-state index contributed by atoms with van der Waals surface area (Å²) in [5.41, 5.74) is 4.22. The Bertz CT molecular complexity index is 667. The van der Waals surface area contributed by atoms with E-state index >= 15 is 0 Å². The Morgan fingerprint density at radius 3 is 2.90 bits per heavy atom. The summed E-state index contributed by atoms with van der Waals surface area (Å²) in [4.78, 5) is 17.1. The predicted octanol–water partition coefficient (Wildman–Crippen LogP) is 3.20. The van der Waals surface area contributed by atoms with Crippen molar-refractivity contribution in [1.82, 2.24) is 4.98 Å². The van der Waals surface area contributed by atoms with Crippen LogP contribution in [0.3, 0.4) is 0 Å². The minimum Gasteiger partial charge on any atom is -0.478 e. The zero-order valence-electron chi connectivity index (χ0n) is 11.4. The molecule has 0 saturated heterocycles. The van der Waals surface area contributed by atoms with Crippen LogP contribution in [0.25, 0.3) is 10.6 Å². The molecule has 0 radical (unpaired) electrons. The van der Waals surface area contributed by atoms with Crippen molar-refractivity contribution >= 4 is 17.3 Å². The molecule has 2 aromatic rings. The van der Waals surface area contributed by atoms with Crippen LogP contribution >= 0.6 is 11.3 Å². The summed E-state index contributed by atoms with van der Waals surface area (Å²) in [6, 6.07) is 3.51. The van der Waals surface area contributed by atoms with E-state index in [0.29, 0.717) is 18.8 Å². The monoisotopic (exact) mass is 289 g/mol. The smallest absolute Gasteiger partial charge is 0.335 e. The molecule has 5 heteroatoms. The number of thiazole rings is 1. The number of carboxylic acids is 1. The number of carbonyl (C=O) groups is 1. The van der Waals surface area contributed by atoms with Crippen molar-refractivity contribution in [1.29, 1.82) is 0 Å². The first-order valence-electron chi connectivity index (χ1n) is 6.48. The zero-order chi connectivity index (χ0) is 14.3. The van der Waals surface area contributed by atoms with Gasteiger partial charge < -0.3 is 9.84 Å². The van der Waals surface area contributed by atoms with Gasteiger partial charge in [-0.05, 0) is 31.0 Å². The lowest BCUT2D eigenvalue weighted by molar-refractivity contribution is 0.0696. The maximum Gasteiger partial charge on any atom is 0.335 e. The average Bonchev–Trinajstić information content (AvgIpc) is 2.81. The number of benzene rings is 1. The highest BCUT2D eigenvalue weighted by molar-refractivity contribution is 7.15. The molecular weight excluding hydrogens is 274 g/mol. The first kappa shape index (κ1) is 13.3. The molecule has 1 aromatic heterocycles. The molecule has 2 heterocycles. The van der Waals surface area contributed by atoms with Crippen LogP contribution < -0.4 is 0 Å². The van der Waals surface area contributed by atoms with Crippen LogP contribution in [0, 0.1) is 13.8 Å². The summed E-state index contributed by atoms with van der Waals surface area (Å²) >= 11 is 1.61. The summed E-state index contributed by atoms with van der Waals surface area (Å²) in [5.74, 6) is -0.895. The first-order chi connectivity index (χ1) is 9.58. The van der Waals surface area contributed by atoms with Crippen molar-refractivity contribution in [2.24, 2.45) is 0 Å². The molecule has 0 fully saturated rings. The molecule has 1 aliphatic heterocycles. The van der Waals surface area contributed by atoms with Gasteiger partial charge >= 0.3 is 5.97 Å². The van der Waals surface area contributed by atoms with Crippen molar-refractivity contribution in [3.63, 3.8) is 0 Å². The lowest BCUT2D eigenvalue weighted by Crippen LogP contribution is -2.07. The fraction of sp³-hybridized carbons (Fsp3) is 0.333. The van der Waals surface area contributed by atoms with E-state index in [1.807, 2.05) is 19.9 Å². The van der Waals surface area contributed by atoms with Gasteiger partial charge in [-0.3, -0.25) is 0 Å². The zero-order valence-corrected chi connectivity index (χ0v) is 12.2. The minimum atomic E-state index is -0.895. The number of ether oxygens (including phenoxy) is 1. The van der Waals surface area contributed by atoms with Crippen LogP contribution in [-0.4, -0.2) is 22.7 Å². The van der Waals surface area contributed by atoms with E-state index in [9.17, 15) is 9.90 Å². The fourth-order valence-corrected chi connectivity index (χ4v) is 3.75. The molecule has 0 saturated carbocycles. The lowest BCUT2D eigenvalue weighted by Gasteiger charge is -2.09. The Labute approximate surface area is 121 Å². The number of fused-ring (bicyclic) bond motifs is 1. The van der Waals surface area contributed by atoms with Gasteiger partial charge in [0.25, 0.3) is 0 Å². The van der Waals surface area contributed by atoms with Crippen molar-refractivity contribution in [3.8, 4) is 10.6 Å². The largest absolute Gasteiger partial charge is 0.478 e. The Hall–Kier alpha value is -1.72. The Kier molecular flexibility index (Phi) is 3.31. The van der Waals surface area contributed by atoms with Crippen LogP contribution in [0.1, 0.15) is 32.1 Å². The molecule has 0 spiro atoms. The number of hydrogen-bond donors (Lipinski definition) is 1. The second-order valence-corrected chi connectivity index (χ2v) is 6.01. The van der Waals surface area contributed by atoms with E-state index < -0.39 is 5.97 Å². The van der Waals surface area contributed by atoms with E-state index in [-0.39, 0.29) is 0 Å². The molecule has 0 bridgehead atoms. The number of aromatic nitrogens is 1. The highest BCUT2D eigenvalue weighted by atomic mass is 32.1. The molecule has 3 rings (SSSR count). The SMILES string of the molecule is Cc1ccc(C(=O)O)c(C)c1-c1nc2c(s1)COCC2. The summed E-state index contributed by atoms with van der Waals surface area (Å²) in [6.07, 6.45) is 0.836. The van der Waals surface area contributed by atoms with Gasteiger partial charge in [-0.1, -0.05) is 6.07 Å². The van der Waals surface area contributed by atoms with E-state index in [4.69, 9.17) is 4.74 Å². The predicted molar refractivity (Wildman–Crippen MR) is 77.3 cm³/mol. The van der Waals surface area contributed by atoms with E-state index in [2.05, 4.69) is 4.98 Å². The lowest BCUT2D eigenvalue weighted by atomic mass is 9.98. The summed E-state index contributed by atoms with van der Waals surface area (Å²) < 4.78 is 5.44. The normalized spacial score (nSPS) is 14.1. The van der Waals surface area contributed by atoms with Gasteiger partial charge in [0, 0.05) is 12.0 Å². The molecule has 0 atom stereocenters.